The highest BCUT2D eigenvalue weighted by atomic mass is 79.9. The summed E-state index contributed by atoms with van der Waals surface area (Å²) in [6.45, 7) is -0.885. The van der Waals surface area contributed by atoms with Crippen LogP contribution >= 0.6 is 15.9 Å². The first-order valence-electron chi connectivity index (χ1n) is 4.87. The largest absolute Gasteiger partial charge is 0.491 e. The van der Waals surface area contributed by atoms with Gasteiger partial charge >= 0.3 is 6.18 Å². The van der Waals surface area contributed by atoms with E-state index in [2.05, 4.69) is 21.1 Å². The molecule has 19 heavy (non-hydrogen) atoms. The van der Waals surface area contributed by atoms with Gasteiger partial charge in [0.15, 0.2) is 5.84 Å². The van der Waals surface area contributed by atoms with Crippen LogP contribution in [0.15, 0.2) is 27.8 Å². The normalized spacial score (nSPS) is 14.3. The molecule has 0 aliphatic carbocycles. The molecule has 1 rings (SSSR count). The Hall–Kier alpha value is -1.51. The Balaban J connectivity index is 2.82. The summed E-state index contributed by atoms with van der Waals surface area (Å²) in [7, 11) is 0. The van der Waals surface area contributed by atoms with E-state index in [0.29, 0.717) is 0 Å². The molecule has 106 valence electrons. The molecule has 1 aromatic rings. The zero-order valence-electron chi connectivity index (χ0n) is 9.29. The number of alkyl halides is 3. The van der Waals surface area contributed by atoms with Gasteiger partial charge in [-0.15, -0.1) is 0 Å². The molecule has 0 saturated heterocycles. The summed E-state index contributed by atoms with van der Waals surface area (Å²) in [5.74, 6) is -3.82. The highest BCUT2D eigenvalue weighted by Gasteiger charge is 2.43. The van der Waals surface area contributed by atoms with Crippen molar-refractivity contribution in [3.63, 3.8) is 0 Å². The molecular formula is C10H9BrF4N2O2. The summed E-state index contributed by atoms with van der Waals surface area (Å²) in [5, 5.41) is 10.6. The van der Waals surface area contributed by atoms with Crippen LogP contribution < -0.4 is 10.5 Å². The second kappa shape index (κ2) is 6.09. The third-order valence-corrected chi connectivity index (χ3v) is 2.79. The van der Waals surface area contributed by atoms with Gasteiger partial charge in [-0.3, -0.25) is 0 Å². The fourth-order valence-corrected chi connectivity index (χ4v) is 1.65. The molecule has 0 aliphatic rings. The second-order valence-electron chi connectivity index (χ2n) is 3.50. The molecule has 1 atom stereocenters. The van der Waals surface area contributed by atoms with Crippen LogP contribution in [0.5, 0.6) is 5.75 Å². The van der Waals surface area contributed by atoms with E-state index >= 15 is 0 Å². The van der Waals surface area contributed by atoms with Crippen molar-refractivity contribution in [2.24, 2.45) is 16.8 Å². The first-order valence-corrected chi connectivity index (χ1v) is 5.67. The molecule has 0 bridgehead atoms. The van der Waals surface area contributed by atoms with Gasteiger partial charge in [-0.2, -0.15) is 13.2 Å². The quantitative estimate of drug-likeness (QED) is 0.290. The fourth-order valence-electron chi connectivity index (χ4n) is 1.18. The van der Waals surface area contributed by atoms with Crippen molar-refractivity contribution in [1.82, 2.24) is 0 Å². The van der Waals surface area contributed by atoms with Crippen LogP contribution in [0.3, 0.4) is 0 Å². The third kappa shape index (κ3) is 4.27. The Bertz CT molecular complexity index is 479. The van der Waals surface area contributed by atoms with Gasteiger partial charge in [0, 0.05) is 0 Å². The van der Waals surface area contributed by atoms with Crippen LogP contribution in [-0.2, 0) is 0 Å². The topological polar surface area (TPSA) is 67.8 Å². The minimum atomic E-state index is -4.72. The number of ether oxygens (including phenoxy) is 1. The number of nitrogens with two attached hydrogens (primary N) is 1. The van der Waals surface area contributed by atoms with E-state index in [0.717, 1.165) is 12.1 Å². The number of hydrogen-bond donors (Lipinski definition) is 2. The Kier molecular flexibility index (Phi) is 4.98. The first kappa shape index (κ1) is 15.5. The predicted octanol–water partition coefficient (Wildman–Crippen LogP) is 2.89. The molecule has 9 heteroatoms. The molecule has 0 radical (unpaired) electrons. The lowest BCUT2D eigenvalue weighted by Gasteiger charge is -2.19. The van der Waals surface area contributed by atoms with Gasteiger partial charge in [-0.05, 0) is 34.1 Å². The molecule has 0 spiro atoms. The number of oxime groups is 1. The van der Waals surface area contributed by atoms with E-state index in [4.69, 9.17) is 15.7 Å². The van der Waals surface area contributed by atoms with Crippen LogP contribution in [0, 0.1) is 11.7 Å². The smallest absolute Gasteiger partial charge is 0.402 e. The SMILES string of the molecule is N/C(=N/O)C(COc1ccc(F)cc1Br)C(F)(F)F. The molecule has 0 aromatic heterocycles. The second-order valence-corrected chi connectivity index (χ2v) is 4.36. The molecular weight excluding hydrogens is 336 g/mol. The number of amidine groups is 1. The molecule has 0 amide bonds. The number of rotatable bonds is 4. The number of nitrogens with zero attached hydrogens (tertiary/aromatic N) is 1. The molecule has 0 saturated carbocycles. The maximum atomic E-state index is 12.8. The maximum Gasteiger partial charge on any atom is 0.402 e. The number of hydrogen-bond acceptors (Lipinski definition) is 3. The first-order chi connectivity index (χ1) is 8.75. The predicted molar refractivity (Wildman–Crippen MR) is 62.5 cm³/mol. The Morgan fingerprint density at radius 2 is 2.11 bits per heavy atom. The summed E-state index contributed by atoms with van der Waals surface area (Å²) in [6, 6.07) is 3.24. The highest BCUT2D eigenvalue weighted by molar-refractivity contribution is 9.10. The van der Waals surface area contributed by atoms with Gasteiger partial charge in [0.05, 0.1) is 4.47 Å². The van der Waals surface area contributed by atoms with Gasteiger partial charge in [0.25, 0.3) is 0 Å². The zero-order chi connectivity index (χ0) is 14.6. The zero-order valence-corrected chi connectivity index (χ0v) is 10.9. The molecule has 0 fully saturated rings. The average Bonchev–Trinajstić information content (AvgIpc) is 2.29. The van der Waals surface area contributed by atoms with E-state index in [1.54, 1.807) is 0 Å². The summed E-state index contributed by atoms with van der Waals surface area (Å²) in [6.07, 6.45) is -4.72. The lowest BCUT2D eigenvalue weighted by atomic mass is 10.1. The van der Waals surface area contributed by atoms with Gasteiger partial charge in [0.1, 0.15) is 24.1 Å². The average molecular weight is 345 g/mol. The summed E-state index contributed by atoms with van der Waals surface area (Å²) in [4.78, 5) is 0. The van der Waals surface area contributed by atoms with Crippen LogP contribution in [0.1, 0.15) is 0 Å². The Morgan fingerprint density at radius 1 is 1.47 bits per heavy atom. The van der Waals surface area contributed by atoms with E-state index in [1.165, 1.54) is 6.07 Å². The van der Waals surface area contributed by atoms with E-state index in [1.807, 2.05) is 0 Å². The van der Waals surface area contributed by atoms with Crippen molar-refractivity contribution in [1.29, 1.82) is 0 Å². The van der Waals surface area contributed by atoms with Crippen LogP contribution in [0.25, 0.3) is 0 Å². The molecule has 1 aromatic carbocycles. The standard InChI is InChI=1S/C10H9BrF4N2O2/c11-7-3-5(12)1-2-8(7)19-4-6(9(16)17-18)10(13,14)15/h1-3,6,18H,4H2,(H2,16,17). The number of halogens is 5. The van der Waals surface area contributed by atoms with E-state index in [-0.39, 0.29) is 10.2 Å². The summed E-state index contributed by atoms with van der Waals surface area (Å²) < 4.78 is 55.6. The van der Waals surface area contributed by atoms with Crippen LogP contribution in [0.4, 0.5) is 17.6 Å². The van der Waals surface area contributed by atoms with Crippen molar-refractivity contribution in [3.8, 4) is 5.75 Å². The highest BCUT2D eigenvalue weighted by Crippen LogP contribution is 2.30. The molecule has 1 unspecified atom stereocenters. The Morgan fingerprint density at radius 3 is 2.58 bits per heavy atom. The van der Waals surface area contributed by atoms with Crippen molar-refractivity contribution in [2.75, 3.05) is 6.61 Å². The van der Waals surface area contributed by atoms with Gasteiger partial charge in [-0.25, -0.2) is 4.39 Å². The minimum absolute atomic E-state index is 0.0152. The van der Waals surface area contributed by atoms with Gasteiger partial charge in [0.2, 0.25) is 0 Å². The molecule has 0 aliphatic heterocycles. The summed E-state index contributed by atoms with van der Waals surface area (Å²) >= 11 is 2.94. The van der Waals surface area contributed by atoms with Crippen molar-refractivity contribution >= 4 is 21.8 Å². The number of benzene rings is 1. The van der Waals surface area contributed by atoms with Gasteiger partial charge < -0.3 is 15.7 Å². The minimum Gasteiger partial charge on any atom is -0.491 e. The van der Waals surface area contributed by atoms with E-state index < -0.39 is 30.4 Å². The van der Waals surface area contributed by atoms with Crippen LogP contribution in [-0.4, -0.2) is 23.8 Å². The lowest BCUT2D eigenvalue weighted by molar-refractivity contribution is -0.162. The molecule has 4 nitrogen and oxygen atoms in total. The van der Waals surface area contributed by atoms with Crippen molar-refractivity contribution < 1.29 is 27.5 Å². The van der Waals surface area contributed by atoms with Crippen molar-refractivity contribution in [3.05, 3.63) is 28.5 Å². The van der Waals surface area contributed by atoms with Crippen molar-refractivity contribution in [2.45, 2.75) is 6.18 Å². The van der Waals surface area contributed by atoms with Crippen LogP contribution in [0.2, 0.25) is 0 Å². The maximum absolute atomic E-state index is 12.8. The van der Waals surface area contributed by atoms with Gasteiger partial charge in [-0.1, -0.05) is 5.16 Å². The van der Waals surface area contributed by atoms with E-state index in [9.17, 15) is 17.6 Å². The Labute approximate surface area is 114 Å². The molecule has 3 N–H and O–H groups in total. The fraction of sp³-hybridized carbons (Fsp3) is 0.300. The molecule has 0 heterocycles. The lowest BCUT2D eigenvalue weighted by Crippen LogP contribution is -2.40. The monoisotopic (exact) mass is 344 g/mol. The third-order valence-electron chi connectivity index (χ3n) is 2.17. The summed E-state index contributed by atoms with van der Waals surface area (Å²) in [5.41, 5.74) is 4.96.